The molecule has 1 aliphatic heterocycles. The standard InChI is InChI=1S/C19H32BrNO2Si/c1-14-10-16(12-23-24(5,6)18(2,3)4)19(21,13-22-14)15-8-7-9-17(20)11-15/h7-9,11,14,16H,10,12-13,21H2,1-6H3/t14-,16-,19+/m0/s1. The highest BCUT2D eigenvalue weighted by atomic mass is 79.9. The second kappa shape index (κ2) is 7.20. The van der Waals surface area contributed by atoms with Crippen LogP contribution >= 0.6 is 15.9 Å². The summed E-state index contributed by atoms with van der Waals surface area (Å²) < 4.78 is 13.5. The van der Waals surface area contributed by atoms with Crippen LogP contribution in [0.4, 0.5) is 0 Å². The summed E-state index contributed by atoms with van der Waals surface area (Å²) in [5.74, 6) is 0.254. The molecule has 0 saturated carbocycles. The maximum Gasteiger partial charge on any atom is 0.191 e. The summed E-state index contributed by atoms with van der Waals surface area (Å²) in [5, 5.41) is 0.205. The quantitative estimate of drug-likeness (QED) is 0.702. The van der Waals surface area contributed by atoms with Crippen molar-refractivity contribution in [1.82, 2.24) is 0 Å². The van der Waals surface area contributed by atoms with Gasteiger partial charge in [0.2, 0.25) is 0 Å². The first-order valence-corrected chi connectivity index (χ1v) is 12.5. The molecule has 1 aromatic rings. The molecule has 1 aromatic carbocycles. The van der Waals surface area contributed by atoms with Crippen molar-refractivity contribution in [2.24, 2.45) is 11.7 Å². The minimum absolute atomic E-state index is 0.205. The van der Waals surface area contributed by atoms with Crippen molar-refractivity contribution in [2.45, 2.75) is 63.9 Å². The first kappa shape index (κ1) is 20.1. The molecule has 2 N–H and O–H groups in total. The molecule has 2 rings (SSSR count). The molecule has 3 nitrogen and oxygen atoms in total. The van der Waals surface area contributed by atoms with Crippen LogP contribution in [-0.2, 0) is 14.7 Å². The number of benzene rings is 1. The third-order valence-electron chi connectivity index (χ3n) is 5.77. The summed E-state index contributed by atoms with van der Waals surface area (Å²) in [5.41, 5.74) is 7.50. The number of hydrogen-bond donors (Lipinski definition) is 1. The van der Waals surface area contributed by atoms with Gasteiger partial charge in [-0.05, 0) is 49.2 Å². The number of ether oxygens (including phenoxy) is 1. The Morgan fingerprint density at radius 1 is 1.38 bits per heavy atom. The zero-order valence-corrected chi connectivity index (χ0v) is 18.4. The Hall–Kier alpha value is -0.203. The van der Waals surface area contributed by atoms with Crippen LogP contribution in [-0.4, -0.2) is 27.6 Å². The average molecular weight is 414 g/mol. The summed E-state index contributed by atoms with van der Waals surface area (Å²) in [6, 6.07) is 8.28. The van der Waals surface area contributed by atoms with Gasteiger partial charge in [-0.15, -0.1) is 0 Å². The first-order chi connectivity index (χ1) is 11.0. The number of rotatable bonds is 4. The molecule has 24 heavy (non-hydrogen) atoms. The van der Waals surface area contributed by atoms with Gasteiger partial charge in [0.15, 0.2) is 8.32 Å². The Morgan fingerprint density at radius 2 is 2.04 bits per heavy atom. The SMILES string of the molecule is C[C@H]1C[C@@H](CO[Si](C)(C)C(C)(C)C)[C@](N)(c2cccc(Br)c2)CO1. The summed E-state index contributed by atoms with van der Waals surface area (Å²) in [6.07, 6.45) is 1.15. The van der Waals surface area contributed by atoms with Gasteiger partial charge in [-0.25, -0.2) is 0 Å². The van der Waals surface area contributed by atoms with E-state index in [0.717, 1.165) is 16.5 Å². The molecule has 0 unspecified atom stereocenters. The van der Waals surface area contributed by atoms with E-state index in [1.165, 1.54) is 0 Å². The van der Waals surface area contributed by atoms with Gasteiger partial charge in [0, 0.05) is 17.0 Å². The lowest BCUT2D eigenvalue weighted by molar-refractivity contribution is -0.0654. The zero-order valence-electron chi connectivity index (χ0n) is 15.9. The highest BCUT2D eigenvalue weighted by Crippen LogP contribution is 2.40. The lowest BCUT2D eigenvalue weighted by Crippen LogP contribution is -2.56. The molecular weight excluding hydrogens is 382 g/mol. The predicted octanol–water partition coefficient (Wildman–Crippen LogP) is 5.05. The highest BCUT2D eigenvalue weighted by molar-refractivity contribution is 9.10. The van der Waals surface area contributed by atoms with Gasteiger partial charge in [0.1, 0.15) is 0 Å². The number of hydrogen-bond acceptors (Lipinski definition) is 3. The van der Waals surface area contributed by atoms with Gasteiger partial charge in [0.05, 0.1) is 18.2 Å². The molecule has 0 aliphatic carbocycles. The fraction of sp³-hybridized carbons (Fsp3) is 0.684. The van der Waals surface area contributed by atoms with Crippen LogP contribution in [0.15, 0.2) is 28.7 Å². The minimum Gasteiger partial charge on any atom is -0.416 e. The van der Waals surface area contributed by atoms with Crippen molar-refractivity contribution < 1.29 is 9.16 Å². The molecule has 1 aliphatic rings. The van der Waals surface area contributed by atoms with Gasteiger partial charge in [0.25, 0.3) is 0 Å². The molecule has 0 bridgehead atoms. The maximum atomic E-state index is 6.88. The largest absolute Gasteiger partial charge is 0.416 e. The van der Waals surface area contributed by atoms with Crippen molar-refractivity contribution in [3.05, 3.63) is 34.3 Å². The van der Waals surface area contributed by atoms with E-state index in [9.17, 15) is 0 Å². The van der Waals surface area contributed by atoms with E-state index in [0.29, 0.717) is 13.2 Å². The summed E-state index contributed by atoms with van der Waals surface area (Å²) in [7, 11) is -1.79. The number of nitrogens with two attached hydrogens (primary N) is 1. The molecule has 0 amide bonds. The molecule has 1 saturated heterocycles. The Labute approximate surface area is 156 Å². The van der Waals surface area contributed by atoms with E-state index in [-0.39, 0.29) is 17.1 Å². The van der Waals surface area contributed by atoms with E-state index >= 15 is 0 Å². The summed E-state index contributed by atoms with van der Waals surface area (Å²) >= 11 is 3.56. The van der Waals surface area contributed by atoms with Crippen LogP contribution in [0, 0.1) is 5.92 Å². The molecule has 136 valence electrons. The minimum atomic E-state index is -1.79. The third kappa shape index (κ3) is 4.30. The maximum absolute atomic E-state index is 6.88. The van der Waals surface area contributed by atoms with E-state index in [1.807, 2.05) is 12.1 Å². The lowest BCUT2D eigenvalue weighted by atomic mass is 9.75. The second-order valence-electron chi connectivity index (χ2n) is 8.68. The van der Waals surface area contributed by atoms with Crippen LogP contribution in [0.2, 0.25) is 18.1 Å². The average Bonchev–Trinajstić information content (AvgIpc) is 2.47. The topological polar surface area (TPSA) is 44.5 Å². The van der Waals surface area contributed by atoms with Crippen molar-refractivity contribution in [1.29, 1.82) is 0 Å². The molecule has 5 heteroatoms. The van der Waals surface area contributed by atoms with Crippen LogP contribution in [0.3, 0.4) is 0 Å². The Balaban J connectivity index is 2.23. The zero-order chi connectivity index (χ0) is 18.2. The molecule has 1 fully saturated rings. The van der Waals surface area contributed by atoms with Gasteiger partial charge in [-0.3, -0.25) is 0 Å². The predicted molar refractivity (Wildman–Crippen MR) is 107 cm³/mol. The Morgan fingerprint density at radius 3 is 2.62 bits per heavy atom. The van der Waals surface area contributed by atoms with Crippen LogP contribution < -0.4 is 5.73 Å². The van der Waals surface area contributed by atoms with E-state index in [4.69, 9.17) is 14.9 Å². The smallest absolute Gasteiger partial charge is 0.191 e. The molecular formula is C19H32BrNO2Si. The van der Waals surface area contributed by atoms with Crippen molar-refractivity contribution in [2.75, 3.05) is 13.2 Å². The Bertz CT molecular complexity index is 573. The van der Waals surface area contributed by atoms with Crippen molar-refractivity contribution in [3.8, 4) is 0 Å². The van der Waals surface area contributed by atoms with Gasteiger partial charge in [-0.1, -0.05) is 48.8 Å². The van der Waals surface area contributed by atoms with Crippen molar-refractivity contribution in [3.63, 3.8) is 0 Å². The second-order valence-corrected chi connectivity index (χ2v) is 14.4. The molecule has 3 atom stereocenters. The van der Waals surface area contributed by atoms with Gasteiger partial charge in [-0.2, -0.15) is 0 Å². The van der Waals surface area contributed by atoms with E-state index in [1.54, 1.807) is 0 Å². The van der Waals surface area contributed by atoms with E-state index in [2.05, 4.69) is 68.9 Å². The molecule has 1 heterocycles. The first-order valence-electron chi connectivity index (χ1n) is 8.76. The van der Waals surface area contributed by atoms with Crippen LogP contribution in [0.25, 0.3) is 0 Å². The normalized spacial score (nSPS) is 28.8. The molecule has 0 aromatic heterocycles. The fourth-order valence-electron chi connectivity index (χ4n) is 2.92. The van der Waals surface area contributed by atoms with Gasteiger partial charge < -0.3 is 14.9 Å². The fourth-order valence-corrected chi connectivity index (χ4v) is 4.37. The Kier molecular flexibility index (Phi) is 6.03. The highest BCUT2D eigenvalue weighted by Gasteiger charge is 2.44. The van der Waals surface area contributed by atoms with Crippen LogP contribution in [0.5, 0.6) is 0 Å². The number of halogens is 1. The molecule has 0 radical (unpaired) electrons. The summed E-state index contributed by atoms with van der Waals surface area (Å²) in [6.45, 7) is 14.8. The third-order valence-corrected chi connectivity index (χ3v) is 10.8. The summed E-state index contributed by atoms with van der Waals surface area (Å²) in [4.78, 5) is 0. The van der Waals surface area contributed by atoms with Gasteiger partial charge >= 0.3 is 0 Å². The van der Waals surface area contributed by atoms with E-state index < -0.39 is 13.9 Å². The monoisotopic (exact) mass is 413 g/mol. The lowest BCUT2D eigenvalue weighted by Gasteiger charge is -2.46. The van der Waals surface area contributed by atoms with Crippen LogP contribution in [0.1, 0.15) is 39.7 Å². The van der Waals surface area contributed by atoms with Crippen molar-refractivity contribution >= 4 is 24.2 Å². The molecule has 0 spiro atoms.